The van der Waals surface area contributed by atoms with Gasteiger partial charge in [0.25, 0.3) is 6.04 Å². The number of nitro groups is 2. The van der Waals surface area contributed by atoms with E-state index >= 15 is 0 Å². The summed E-state index contributed by atoms with van der Waals surface area (Å²) in [5.41, 5.74) is 0.337. The molecule has 2 rings (SSSR count). The summed E-state index contributed by atoms with van der Waals surface area (Å²) in [5.74, 6) is -0.769. The number of phenolic OH excluding ortho intramolecular Hbond substituents is 1. The van der Waals surface area contributed by atoms with Gasteiger partial charge in [-0.25, -0.2) is 25.0 Å². The van der Waals surface area contributed by atoms with E-state index in [1.807, 2.05) is 0 Å². The zero-order chi connectivity index (χ0) is 19.3. The summed E-state index contributed by atoms with van der Waals surface area (Å²) >= 11 is 0. The monoisotopic (exact) mass is 363 g/mol. The lowest BCUT2D eigenvalue weighted by molar-refractivity contribution is -0.912. The van der Waals surface area contributed by atoms with Crippen molar-refractivity contribution in [2.75, 3.05) is 0 Å². The van der Waals surface area contributed by atoms with E-state index < -0.39 is 33.6 Å². The molecule has 1 atom stereocenters. The van der Waals surface area contributed by atoms with Crippen molar-refractivity contribution in [2.45, 2.75) is 12.5 Å². The third kappa shape index (κ3) is 4.56. The fourth-order valence-corrected chi connectivity index (χ4v) is 2.12. The van der Waals surface area contributed by atoms with Crippen molar-refractivity contribution in [3.63, 3.8) is 0 Å². The van der Waals surface area contributed by atoms with E-state index in [1.165, 1.54) is 48.5 Å². The van der Waals surface area contributed by atoms with Crippen molar-refractivity contribution in [1.29, 1.82) is 0 Å². The fraction of sp³-hybridized carbons (Fsp3) is 0.133. The highest BCUT2D eigenvalue weighted by molar-refractivity contribution is 5.73. The average molecular weight is 363 g/mol. The molecule has 0 aliphatic heterocycles. The van der Waals surface area contributed by atoms with Crippen molar-refractivity contribution >= 4 is 5.97 Å². The standard InChI is InChI=1S/C15H13N3O8/c19-11-3-7-13(8-4-11)26-12-5-1-10(2-6-12)9-14(15(20)21)16(17(22)23)18(24)25/h1-8,14,19H,9H2,(H,20,21)/t14-/m0/s1. The summed E-state index contributed by atoms with van der Waals surface area (Å²) in [4.78, 5) is 32.7. The first-order chi connectivity index (χ1) is 12.3. The minimum absolute atomic E-state index is 0.0774. The Morgan fingerprint density at radius 3 is 1.88 bits per heavy atom. The SMILES string of the molecule is O=C(O)[C@H](Cc1ccc(Oc2ccc(O)cc2)cc1)N([N+](=O)[O-])[N+](=O)[O-]. The second-order valence-corrected chi connectivity index (χ2v) is 5.09. The first-order valence-electron chi connectivity index (χ1n) is 7.14. The molecule has 0 saturated heterocycles. The molecule has 0 radical (unpaired) electrons. The molecule has 0 aliphatic carbocycles. The Kier molecular flexibility index (Phi) is 5.53. The summed E-state index contributed by atoms with van der Waals surface area (Å²) in [6.45, 7) is 0. The quantitative estimate of drug-likeness (QED) is 0.527. The van der Waals surface area contributed by atoms with E-state index in [1.54, 1.807) is 0 Å². The number of aromatic hydroxyl groups is 1. The molecule has 0 unspecified atom stereocenters. The van der Waals surface area contributed by atoms with Crippen molar-refractivity contribution in [1.82, 2.24) is 5.12 Å². The molecule has 0 heterocycles. The molecule has 0 spiro atoms. The van der Waals surface area contributed by atoms with Gasteiger partial charge in [-0.15, -0.1) is 0 Å². The molecule has 0 fully saturated rings. The van der Waals surface area contributed by atoms with E-state index in [4.69, 9.17) is 9.84 Å². The van der Waals surface area contributed by atoms with Gasteiger partial charge in [-0.1, -0.05) is 12.1 Å². The van der Waals surface area contributed by atoms with Crippen molar-refractivity contribution in [2.24, 2.45) is 0 Å². The maximum atomic E-state index is 11.2. The molecule has 0 amide bonds. The van der Waals surface area contributed by atoms with E-state index in [0.717, 1.165) is 0 Å². The number of hydrogen-bond donors (Lipinski definition) is 2. The molecule has 2 aromatic carbocycles. The highest BCUT2D eigenvalue weighted by Crippen LogP contribution is 2.24. The lowest BCUT2D eigenvalue weighted by Gasteiger charge is -2.13. The molecule has 2 N–H and O–H groups in total. The predicted octanol–water partition coefficient (Wildman–Crippen LogP) is 1.87. The number of rotatable bonds is 8. The number of carboxylic acid groups (broad SMARTS) is 1. The predicted molar refractivity (Wildman–Crippen MR) is 85.6 cm³/mol. The number of benzene rings is 2. The van der Waals surface area contributed by atoms with Gasteiger partial charge in [-0.2, -0.15) is 0 Å². The molecule has 136 valence electrons. The van der Waals surface area contributed by atoms with Crippen LogP contribution in [0.5, 0.6) is 17.2 Å². The maximum Gasteiger partial charge on any atom is 0.339 e. The van der Waals surface area contributed by atoms with E-state index in [0.29, 0.717) is 17.1 Å². The number of carboxylic acids is 1. The van der Waals surface area contributed by atoms with Crippen LogP contribution in [0.25, 0.3) is 0 Å². The van der Waals surface area contributed by atoms with Crippen molar-refractivity contribution in [3.8, 4) is 17.2 Å². The second-order valence-electron chi connectivity index (χ2n) is 5.09. The van der Waals surface area contributed by atoms with Crippen molar-refractivity contribution in [3.05, 3.63) is 74.3 Å². The van der Waals surface area contributed by atoms with E-state index in [2.05, 4.69) is 0 Å². The molecule has 0 aliphatic rings. The van der Waals surface area contributed by atoms with Crippen LogP contribution in [0.3, 0.4) is 0 Å². The minimum Gasteiger partial charge on any atom is -0.508 e. The van der Waals surface area contributed by atoms with Crippen LogP contribution in [0.4, 0.5) is 0 Å². The van der Waals surface area contributed by atoms with Gasteiger partial charge in [0.05, 0.1) is 0 Å². The molecule has 2 aromatic rings. The number of hydrogen-bond acceptors (Lipinski definition) is 7. The molecular weight excluding hydrogens is 350 g/mol. The van der Waals surface area contributed by atoms with Crippen LogP contribution in [-0.2, 0) is 11.2 Å². The number of phenols is 1. The highest BCUT2D eigenvalue weighted by Gasteiger charge is 2.43. The third-order valence-corrected chi connectivity index (χ3v) is 3.32. The van der Waals surface area contributed by atoms with Crippen LogP contribution in [-0.4, -0.2) is 37.4 Å². The molecule has 26 heavy (non-hydrogen) atoms. The van der Waals surface area contributed by atoms with Gasteiger partial charge < -0.3 is 14.9 Å². The minimum atomic E-state index is -1.97. The summed E-state index contributed by atoms with van der Waals surface area (Å²) in [7, 11) is 0. The van der Waals surface area contributed by atoms with E-state index in [-0.39, 0.29) is 5.75 Å². The first-order valence-corrected chi connectivity index (χ1v) is 7.14. The Balaban J connectivity index is 2.13. The number of nitrogens with zero attached hydrogens (tertiary/aromatic N) is 3. The van der Waals surface area contributed by atoms with Crippen molar-refractivity contribution < 1.29 is 29.8 Å². The van der Waals surface area contributed by atoms with Gasteiger partial charge in [-0.05, 0) is 42.0 Å². The first kappa shape index (κ1) is 18.4. The van der Waals surface area contributed by atoms with Crippen LogP contribution >= 0.6 is 0 Å². The molecule has 0 saturated carbocycles. The molecular formula is C15H13N3O8. The zero-order valence-electron chi connectivity index (χ0n) is 13.1. The largest absolute Gasteiger partial charge is 0.508 e. The topological polar surface area (TPSA) is 156 Å². The van der Waals surface area contributed by atoms with Gasteiger partial charge in [0, 0.05) is 6.42 Å². The third-order valence-electron chi connectivity index (χ3n) is 3.32. The van der Waals surface area contributed by atoms with Gasteiger partial charge >= 0.3 is 5.97 Å². The van der Waals surface area contributed by atoms with E-state index in [9.17, 15) is 30.1 Å². The molecule has 11 nitrogen and oxygen atoms in total. The summed E-state index contributed by atoms with van der Waals surface area (Å²) in [5, 5.41) is 36.5. The Hall–Kier alpha value is -3.89. The van der Waals surface area contributed by atoms with Gasteiger partial charge in [0.1, 0.15) is 17.2 Å². The summed E-state index contributed by atoms with van der Waals surface area (Å²) in [6.07, 6.45) is -0.448. The fourth-order valence-electron chi connectivity index (χ4n) is 2.12. The average Bonchev–Trinajstić information content (AvgIpc) is 2.57. The second kappa shape index (κ2) is 7.79. The normalized spacial score (nSPS) is 11.4. The van der Waals surface area contributed by atoms with Crippen LogP contribution in [0.15, 0.2) is 48.5 Å². The smallest absolute Gasteiger partial charge is 0.339 e. The number of carbonyl (C=O) groups is 1. The van der Waals surface area contributed by atoms with Gasteiger partial charge in [-0.3, -0.25) is 0 Å². The highest BCUT2D eigenvalue weighted by atomic mass is 16.8. The van der Waals surface area contributed by atoms with Crippen LogP contribution in [0.2, 0.25) is 0 Å². The zero-order valence-corrected chi connectivity index (χ0v) is 13.1. The Morgan fingerprint density at radius 2 is 1.46 bits per heavy atom. The number of aliphatic carboxylic acids is 1. The van der Waals surface area contributed by atoms with Gasteiger partial charge in [0.2, 0.25) is 10.1 Å². The van der Waals surface area contributed by atoms with Gasteiger partial charge in [0.15, 0.2) is 5.12 Å². The molecule has 0 aromatic heterocycles. The Bertz CT molecular complexity index is 793. The Labute approximate surface area is 145 Å². The maximum absolute atomic E-state index is 11.2. The van der Waals surface area contributed by atoms with Crippen LogP contribution < -0.4 is 4.74 Å². The lowest BCUT2D eigenvalue weighted by atomic mass is 10.1. The summed E-state index contributed by atoms with van der Waals surface area (Å²) in [6, 6.07) is 9.85. The molecule has 0 bridgehead atoms. The van der Waals surface area contributed by atoms with Crippen LogP contribution in [0, 0.1) is 20.2 Å². The van der Waals surface area contributed by atoms with Crippen LogP contribution in [0.1, 0.15) is 5.56 Å². The Morgan fingerprint density at radius 1 is 1.00 bits per heavy atom. The molecule has 11 heteroatoms. The number of ether oxygens (including phenoxy) is 1. The summed E-state index contributed by atoms with van der Waals surface area (Å²) < 4.78 is 5.51. The lowest BCUT2D eigenvalue weighted by Crippen LogP contribution is -2.49. The number of hydrazine groups is 2.